The number of nitrogens with zero attached hydrogens (tertiary/aromatic N) is 6. The lowest BCUT2D eigenvalue weighted by Gasteiger charge is -2.25. The van der Waals surface area contributed by atoms with Crippen LogP contribution in [0.25, 0.3) is 11.1 Å². The molecule has 2 fully saturated rings. The molecule has 6 rings (SSSR count). The number of nitriles is 4. The van der Waals surface area contributed by atoms with Crippen LogP contribution in [0.4, 0.5) is 11.4 Å². The van der Waals surface area contributed by atoms with Crippen LogP contribution in [0.1, 0.15) is 73.6 Å². The van der Waals surface area contributed by atoms with Crippen molar-refractivity contribution in [3.8, 4) is 58.4 Å². The van der Waals surface area contributed by atoms with E-state index < -0.39 is 0 Å². The van der Waals surface area contributed by atoms with Crippen molar-refractivity contribution < 1.29 is 9.47 Å². The van der Waals surface area contributed by atoms with Gasteiger partial charge in [0.05, 0.1) is 33.6 Å². The zero-order valence-corrected chi connectivity index (χ0v) is 26.9. The standard InChI is InChI=1S/C40H36N6O2/c41-25-31-21-37(45-17-5-1-2-6-18-45)39(23-33(31)27-43)47-35-13-9-29(10-14-35)30-11-15-36(16-12-30)48-40-24-34(28-44)32(26-42)22-38(40)46-19-7-3-4-8-20-46/h9-16,21-24H,1-8,17-20H2. The first-order valence-electron chi connectivity index (χ1n) is 16.6. The van der Waals surface area contributed by atoms with Gasteiger partial charge in [-0.05, 0) is 73.2 Å². The topological polar surface area (TPSA) is 120 Å². The molecular weight excluding hydrogens is 596 g/mol. The maximum absolute atomic E-state index is 9.67. The molecule has 0 radical (unpaired) electrons. The summed E-state index contributed by atoms with van der Waals surface area (Å²) >= 11 is 0. The van der Waals surface area contributed by atoms with Gasteiger partial charge in [-0.2, -0.15) is 21.0 Å². The van der Waals surface area contributed by atoms with Crippen LogP contribution in [-0.4, -0.2) is 26.2 Å². The molecule has 238 valence electrons. The molecule has 2 aliphatic heterocycles. The summed E-state index contributed by atoms with van der Waals surface area (Å²) < 4.78 is 12.7. The third-order valence-electron chi connectivity index (χ3n) is 9.07. The van der Waals surface area contributed by atoms with Crippen molar-refractivity contribution in [2.75, 3.05) is 36.0 Å². The molecule has 0 atom stereocenters. The SMILES string of the molecule is N#Cc1cc(Oc2ccc(-c3ccc(Oc4cc(C#N)c(C#N)cc4N4CCCCCC4)cc3)cc2)c(N2CCCCCC2)cc1C#N. The molecule has 0 amide bonds. The zero-order valence-electron chi connectivity index (χ0n) is 26.9. The average Bonchev–Trinajstić information content (AvgIpc) is 3.58. The van der Waals surface area contributed by atoms with Gasteiger partial charge >= 0.3 is 0 Å². The highest BCUT2D eigenvalue weighted by Crippen LogP contribution is 2.39. The van der Waals surface area contributed by atoms with E-state index in [1.165, 1.54) is 25.7 Å². The summed E-state index contributed by atoms with van der Waals surface area (Å²) in [6, 6.07) is 31.1. The molecular formula is C40H36N6O2. The van der Waals surface area contributed by atoms with Crippen molar-refractivity contribution in [2.24, 2.45) is 0 Å². The summed E-state index contributed by atoms with van der Waals surface area (Å²) in [6.07, 6.45) is 9.03. The molecule has 4 aromatic carbocycles. The quantitative estimate of drug-likeness (QED) is 0.198. The smallest absolute Gasteiger partial charge is 0.152 e. The minimum absolute atomic E-state index is 0.299. The summed E-state index contributed by atoms with van der Waals surface area (Å²) in [5.74, 6) is 2.42. The molecule has 0 bridgehead atoms. The van der Waals surface area contributed by atoms with Crippen LogP contribution in [0.2, 0.25) is 0 Å². The van der Waals surface area contributed by atoms with Crippen LogP contribution in [0, 0.1) is 45.3 Å². The second-order valence-electron chi connectivity index (χ2n) is 12.2. The largest absolute Gasteiger partial charge is 0.455 e. The van der Waals surface area contributed by atoms with E-state index in [1.54, 1.807) is 24.3 Å². The monoisotopic (exact) mass is 632 g/mol. The van der Waals surface area contributed by atoms with Crippen LogP contribution in [0.5, 0.6) is 23.0 Å². The van der Waals surface area contributed by atoms with E-state index in [9.17, 15) is 21.0 Å². The Hall–Kier alpha value is -5.96. The number of hydrogen-bond acceptors (Lipinski definition) is 8. The fourth-order valence-corrected chi connectivity index (χ4v) is 6.47. The van der Waals surface area contributed by atoms with Gasteiger partial charge in [-0.25, -0.2) is 0 Å². The Morgan fingerprint density at radius 2 is 0.729 bits per heavy atom. The van der Waals surface area contributed by atoms with Crippen molar-refractivity contribution >= 4 is 11.4 Å². The van der Waals surface area contributed by atoms with Gasteiger partial charge in [0, 0.05) is 38.3 Å². The molecule has 0 aromatic heterocycles. The molecule has 2 saturated heterocycles. The van der Waals surface area contributed by atoms with E-state index in [0.29, 0.717) is 45.3 Å². The number of anilines is 2. The highest BCUT2D eigenvalue weighted by Gasteiger charge is 2.20. The van der Waals surface area contributed by atoms with Crippen molar-refractivity contribution in [3.05, 3.63) is 95.1 Å². The van der Waals surface area contributed by atoms with Crippen LogP contribution in [0.3, 0.4) is 0 Å². The Balaban J connectivity index is 1.21. The Bertz CT molecular complexity index is 1780. The number of ether oxygens (including phenoxy) is 2. The van der Waals surface area contributed by atoms with Gasteiger partial charge in [-0.15, -0.1) is 0 Å². The van der Waals surface area contributed by atoms with E-state index in [0.717, 1.165) is 74.4 Å². The minimum atomic E-state index is 0.299. The van der Waals surface area contributed by atoms with Crippen molar-refractivity contribution in [2.45, 2.75) is 51.4 Å². The highest BCUT2D eigenvalue weighted by atomic mass is 16.5. The van der Waals surface area contributed by atoms with Gasteiger partial charge < -0.3 is 19.3 Å². The first-order valence-corrected chi connectivity index (χ1v) is 16.6. The highest BCUT2D eigenvalue weighted by molar-refractivity contribution is 5.70. The summed E-state index contributed by atoms with van der Waals surface area (Å²) in [5.41, 5.74) is 4.99. The molecule has 2 aliphatic rings. The summed E-state index contributed by atoms with van der Waals surface area (Å²) in [6.45, 7) is 3.54. The number of hydrogen-bond donors (Lipinski definition) is 0. The average molecular weight is 633 g/mol. The maximum atomic E-state index is 9.67. The summed E-state index contributed by atoms with van der Waals surface area (Å²) in [7, 11) is 0. The van der Waals surface area contributed by atoms with Crippen LogP contribution >= 0.6 is 0 Å². The first kappa shape index (κ1) is 32.0. The van der Waals surface area contributed by atoms with Crippen molar-refractivity contribution in [1.82, 2.24) is 0 Å². The second kappa shape index (κ2) is 15.1. The fraction of sp³-hybridized carbons (Fsp3) is 0.300. The van der Waals surface area contributed by atoms with Gasteiger partial charge in [0.25, 0.3) is 0 Å². The summed E-state index contributed by atoms with van der Waals surface area (Å²) in [4.78, 5) is 4.52. The Morgan fingerprint density at radius 3 is 1.04 bits per heavy atom. The lowest BCUT2D eigenvalue weighted by molar-refractivity contribution is 0.480. The van der Waals surface area contributed by atoms with Crippen LogP contribution in [-0.2, 0) is 0 Å². The zero-order chi connectivity index (χ0) is 33.3. The molecule has 2 heterocycles. The molecule has 0 aliphatic carbocycles. The van der Waals surface area contributed by atoms with Gasteiger partial charge in [-0.1, -0.05) is 49.9 Å². The van der Waals surface area contributed by atoms with Crippen molar-refractivity contribution in [3.63, 3.8) is 0 Å². The Morgan fingerprint density at radius 1 is 0.417 bits per heavy atom. The van der Waals surface area contributed by atoms with Gasteiger partial charge in [0.1, 0.15) is 35.8 Å². The molecule has 8 nitrogen and oxygen atoms in total. The van der Waals surface area contributed by atoms with E-state index in [2.05, 4.69) is 34.1 Å². The fourth-order valence-electron chi connectivity index (χ4n) is 6.47. The third kappa shape index (κ3) is 7.20. The van der Waals surface area contributed by atoms with E-state index in [1.807, 2.05) is 48.5 Å². The molecule has 8 heteroatoms. The molecule has 48 heavy (non-hydrogen) atoms. The van der Waals surface area contributed by atoms with E-state index >= 15 is 0 Å². The van der Waals surface area contributed by atoms with E-state index in [-0.39, 0.29) is 0 Å². The third-order valence-corrected chi connectivity index (χ3v) is 9.07. The normalized spacial score (nSPS) is 14.8. The van der Waals surface area contributed by atoms with Gasteiger partial charge in [0.2, 0.25) is 0 Å². The van der Waals surface area contributed by atoms with Gasteiger partial charge in [-0.3, -0.25) is 0 Å². The Kier molecular flexibility index (Phi) is 10.1. The Labute approximate surface area is 282 Å². The predicted molar refractivity (Wildman–Crippen MR) is 185 cm³/mol. The van der Waals surface area contributed by atoms with Crippen LogP contribution < -0.4 is 19.3 Å². The minimum Gasteiger partial charge on any atom is -0.455 e. The second-order valence-corrected chi connectivity index (χ2v) is 12.2. The van der Waals surface area contributed by atoms with Crippen molar-refractivity contribution in [1.29, 1.82) is 21.0 Å². The molecule has 0 unspecified atom stereocenters. The molecule has 0 N–H and O–H groups in total. The number of benzene rings is 4. The summed E-state index contributed by atoms with van der Waals surface area (Å²) in [5, 5.41) is 38.7. The number of rotatable bonds is 7. The molecule has 0 saturated carbocycles. The predicted octanol–water partition coefficient (Wildman–Crippen LogP) is 9.19. The van der Waals surface area contributed by atoms with Gasteiger partial charge in [0.15, 0.2) is 11.5 Å². The molecule has 0 spiro atoms. The lowest BCUT2D eigenvalue weighted by Crippen LogP contribution is -2.24. The van der Waals surface area contributed by atoms with Crippen LogP contribution in [0.15, 0.2) is 72.8 Å². The lowest BCUT2D eigenvalue weighted by atomic mass is 10.0. The molecule has 4 aromatic rings. The van der Waals surface area contributed by atoms with E-state index in [4.69, 9.17) is 9.47 Å². The maximum Gasteiger partial charge on any atom is 0.152 e. The first-order chi connectivity index (χ1) is 23.6.